The molecule has 132 valence electrons. The molecule has 0 unspecified atom stereocenters. The van der Waals surface area contributed by atoms with Gasteiger partial charge in [-0.2, -0.15) is 0 Å². The molecule has 0 saturated heterocycles. The number of nitro benzene ring substituents is 1. The average Bonchev–Trinajstić information content (AvgIpc) is 2.97. The number of hydrogen-bond donors (Lipinski definition) is 1. The van der Waals surface area contributed by atoms with E-state index in [0.717, 1.165) is 16.0 Å². The minimum absolute atomic E-state index is 0.000586. The molecule has 0 aliphatic rings. The molecule has 6 nitrogen and oxygen atoms in total. The van der Waals surface area contributed by atoms with Crippen molar-refractivity contribution in [3.05, 3.63) is 75.2 Å². The van der Waals surface area contributed by atoms with Crippen LogP contribution in [0.4, 0.5) is 15.2 Å². The SMILES string of the molecule is Cc1ccc(F)c(C(=O)Nc2nc(C)c(-c3ccc([N+](=O)[O-])cc3)s2)c1. The highest BCUT2D eigenvalue weighted by molar-refractivity contribution is 7.19. The molecule has 0 saturated carbocycles. The molecule has 0 bridgehead atoms. The molecule has 2 aromatic carbocycles. The summed E-state index contributed by atoms with van der Waals surface area (Å²) >= 11 is 1.22. The summed E-state index contributed by atoms with van der Waals surface area (Å²) in [6.45, 7) is 3.55. The van der Waals surface area contributed by atoms with Gasteiger partial charge in [0.15, 0.2) is 5.13 Å². The van der Waals surface area contributed by atoms with E-state index >= 15 is 0 Å². The molecule has 0 aliphatic heterocycles. The molecule has 0 fully saturated rings. The van der Waals surface area contributed by atoms with Gasteiger partial charge in [-0.1, -0.05) is 23.0 Å². The molecule has 0 atom stereocenters. The van der Waals surface area contributed by atoms with Crippen molar-refractivity contribution < 1.29 is 14.1 Å². The van der Waals surface area contributed by atoms with E-state index in [1.807, 2.05) is 0 Å². The number of nitro groups is 1. The number of hydrogen-bond acceptors (Lipinski definition) is 5. The van der Waals surface area contributed by atoms with E-state index in [-0.39, 0.29) is 11.3 Å². The molecule has 3 rings (SSSR count). The topological polar surface area (TPSA) is 85.1 Å². The first-order valence-electron chi connectivity index (χ1n) is 7.65. The predicted octanol–water partition coefficient (Wildman–Crippen LogP) is 4.73. The van der Waals surface area contributed by atoms with E-state index in [4.69, 9.17) is 0 Å². The number of nitrogens with one attached hydrogen (secondary N) is 1. The fourth-order valence-electron chi connectivity index (χ4n) is 2.43. The second-order valence-corrected chi connectivity index (χ2v) is 6.67. The van der Waals surface area contributed by atoms with Crippen LogP contribution >= 0.6 is 11.3 Å². The highest BCUT2D eigenvalue weighted by atomic mass is 32.1. The normalized spacial score (nSPS) is 10.6. The summed E-state index contributed by atoms with van der Waals surface area (Å²) in [5, 5.41) is 13.7. The molecule has 1 amide bonds. The van der Waals surface area contributed by atoms with Gasteiger partial charge in [-0.05, 0) is 43.7 Å². The zero-order valence-electron chi connectivity index (χ0n) is 13.9. The van der Waals surface area contributed by atoms with E-state index in [1.165, 1.54) is 35.6 Å². The third-order valence-corrected chi connectivity index (χ3v) is 4.85. The number of anilines is 1. The van der Waals surface area contributed by atoms with Gasteiger partial charge in [-0.3, -0.25) is 20.2 Å². The highest BCUT2D eigenvalue weighted by Gasteiger charge is 2.16. The van der Waals surface area contributed by atoms with Crippen LogP contribution in [0.1, 0.15) is 21.6 Å². The molecule has 1 aromatic heterocycles. The Labute approximate surface area is 152 Å². The van der Waals surface area contributed by atoms with Crippen molar-refractivity contribution in [2.24, 2.45) is 0 Å². The Hall–Kier alpha value is -3.13. The van der Waals surface area contributed by atoms with Crippen LogP contribution in [0.3, 0.4) is 0 Å². The molecule has 1 N–H and O–H groups in total. The smallest absolute Gasteiger partial charge is 0.269 e. The van der Waals surface area contributed by atoms with Crippen molar-refractivity contribution in [3.8, 4) is 10.4 Å². The minimum Gasteiger partial charge on any atom is -0.298 e. The van der Waals surface area contributed by atoms with Crippen molar-refractivity contribution in [2.45, 2.75) is 13.8 Å². The number of carbonyl (C=O) groups excluding carboxylic acids is 1. The molecular weight excluding hydrogens is 357 g/mol. The zero-order chi connectivity index (χ0) is 18.8. The van der Waals surface area contributed by atoms with Gasteiger partial charge < -0.3 is 0 Å². The number of nitrogens with zero attached hydrogens (tertiary/aromatic N) is 2. The lowest BCUT2D eigenvalue weighted by Crippen LogP contribution is -2.13. The van der Waals surface area contributed by atoms with Crippen LogP contribution in [0, 0.1) is 29.8 Å². The first-order valence-corrected chi connectivity index (χ1v) is 8.46. The van der Waals surface area contributed by atoms with Gasteiger partial charge in [0, 0.05) is 12.1 Å². The van der Waals surface area contributed by atoms with Crippen LogP contribution < -0.4 is 5.32 Å². The van der Waals surface area contributed by atoms with E-state index in [2.05, 4.69) is 10.3 Å². The van der Waals surface area contributed by atoms with Crippen molar-refractivity contribution in [1.29, 1.82) is 0 Å². The minimum atomic E-state index is -0.600. The van der Waals surface area contributed by atoms with Gasteiger partial charge >= 0.3 is 0 Å². The summed E-state index contributed by atoms with van der Waals surface area (Å²) in [7, 11) is 0. The maximum atomic E-state index is 13.8. The first kappa shape index (κ1) is 17.7. The summed E-state index contributed by atoms with van der Waals surface area (Å²) in [6, 6.07) is 10.4. The molecule has 26 heavy (non-hydrogen) atoms. The van der Waals surface area contributed by atoms with Gasteiger partial charge in [0.05, 0.1) is 21.1 Å². The lowest BCUT2D eigenvalue weighted by atomic mass is 10.1. The first-order chi connectivity index (χ1) is 12.3. The fourth-order valence-corrected chi connectivity index (χ4v) is 3.40. The van der Waals surface area contributed by atoms with Crippen LogP contribution in [-0.2, 0) is 0 Å². The number of benzene rings is 2. The third-order valence-electron chi connectivity index (χ3n) is 3.72. The number of halogens is 1. The monoisotopic (exact) mass is 371 g/mol. The highest BCUT2D eigenvalue weighted by Crippen LogP contribution is 2.33. The summed E-state index contributed by atoms with van der Waals surface area (Å²) in [5.41, 5.74) is 2.16. The maximum absolute atomic E-state index is 13.8. The number of rotatable bonds is 4. The Kier molecular flexibility index (Phi) is 4.77. The number of amides is 1. The quantitative estimate of drug-likeness (QED) is 0.531. The maximum Gasteiger partial charge on any atom is 0.269 e. The van der Waals surface area contributed by atoms with Gasteiger partial charge in [-0.15, -0.1) is 0 Å². The summed E-state index contributed by atoms with van der Waals surface area (Å²) in [6.07, 6.45) is 0. The Morgan fingerprint density at radius 3 is 2.54 bits per heavy atom. The van der Waals surface area contributed by atoms with Crippen LogP contribution in [0.15, 0.2) is 42.5 Å². The lowest BCUT2D eigenvalue weighted by Gasteiger charge is -2.04. The van der Waals surface area contributed by atoms with Gasteiger partial charge in [0.1, 0.15) is 5.82 Å². The molecule has 0 aliphatic carbocycles. The second-order valence-electron chi connectivity index (χ2n) is 5.67. The molecular formula is C18H14FN3O3S. The molecule has 1 heterocycles. The van der Waals surface area contributed by atoms with Gasteiger partial charge in [0.25, 0.3) is 11.6 Å². The summed E-state index contributed by atoms with van der Waals surface area (Å²) in [4.78, 5) is 27.7. The molecule has 3 aromatic rings. The number of non-ortho nitro benzene ring substituents is 1. The number of aryl methyl sites for hydroxylation is 2. The van der Waals surface area contributed by atoms with Crippen molar-refractivity contribution in [2.75, 3.05) is 5.32 Å². The van der Waals surface area contributed by atoms with Crippen molar-refractivity contribution >= 4 is 28.1 Å². The van der Waals surface area contributed by atoms with E-state index in [0.29, 0.717) is 10.8 Å². The summed E-state index contributed by atoms with van der Waals surface area (Å²) < 4.78 is 13.8. The standard InChI is InChI=1S/C18H14FN3O3S/c1-10-3-8-15(19)14(9-10)17(23)21-18-20-11(2)16(26-18)12-4-6-13(7-5-12)22(24)25/h3-9H,1-2H3,(H,20,21,23). The predicted molar refractivity (Wildman–Crippen MR) is 98.0 cm³/mol. The average molecular weight is 371 g/mol. The number of aromatic nitrogens is 1. The Balaban J connectivity index is 1.85. The zero-order valence-corrected chi connectivity index (χ0v) is 14.8. The van der Waals surface area contributed by atoms with Crippen LogP contribution in [0.5, 0.6) is 0 Å². The van der Waals surface area contributed by atoms with Gasteiger partial charge in [-0.25, -0.2) is 9.37 Å². The van der Waals surface area contributed by atoms with Gasteiger partial charge in [0.2, 0.25) is 0 Å². The number of carbonyl (C=O) groups is 1. The summed E-state index contributed by atoms with van der Waals surface area (Å²) in [5.74, 6) is -1.17. The van der Waals surface area contributed by atoms with Crippen LogP contribution in [-0.4, -0.2) is 15.8 Å². The van der Waals surface area contributed by atoms with Crippen LogP contribution in [0.25, 0.3) is 10.4 Å². The molecule has 0 spiro atoms. The largest absolute Gasteiger partial charge is 0.298 e. The second kappa shape index (κ2) is 7.01. The number of thiazole rings is 1. The Morgan fingerprint density at radius 1 is 1.19 bits per heavy atom. The van der Waals surface area contributed by atoms with E-state index in [9.17, 15) is 19.3 Å². The van der Waals surface area contributed by atoms with Crippen molar-refractivity contribution in [3.63, 3.8) is 0 Å². The molecule has 8 heteroatoms. The van der Waals surface area contributed by atoms with E-state index < -0.39 is 16.6 Å². The van der Waals surface area contributed by atoms with E-state index in [1.54, 1.807) is 32.0 Å². The molecule has 0 radical (unpaired) electrons. The third kappa shape index (κ3) is 3.60. The Morgan fingerprint density at radius 2 is 1.88 bits per heavy atom. The fraction of sp³-hybridized carbons (Fsp3) is 0.111. The van der Waals surface area contributed by atoms with Crippen LogP contribution in [0.2, 0.25) is 0 Å². The Bertz CT molecular complexity index is 999. The van der Waals surface area contributed by atoms with Crippen molar-refractivity contribution in [1.82, 2.24) is 4.98 Å². The lowest BCUT2D eigenvalue weighted by molar-refractivity contribution is -0.384.